The summed E-state index contributed by atoms with van der Waals surface area (Å²) in [6.45, 7) is 3.62. The average Bonchev–Trinajstić information content (AvgIpc) is 3.35. The SMILES string of the molecule is NC(=O)C(F)(F)C[C@H]1CCc2sc3nccc(OC4CCC(N5CCOCC5)CC4)c3c21. The molecule has 9 heteroatoms. The molecule has 6 nitrogen and oxygen atoms in total. The third-order valence-electron chi connectivity index (χ3n) is 7.16. The fourth-order valence-corrected chi connectivity index (χ4v) is 6.75. The summed E-state index contributed by atoms with van der Waals surface area (Å²) < 4.78 is 40.2. The van der Waals surface area contributed by atoms with E-state index in [4.69, 9.17) is 15.2 Å². The van der Waals surface area contributed by atoms with Gasteiger partial charge in [0, 0.05) is 36.6 Å². The molecule has 2 aromatic rings. The van der Waals surface area contributed by atoms with Crippen molar-refractivity contribution in [2.75, 3.05) is 26.3 Å². The molecule has 1 amide bonds. The molecule has 1 saturated heterocycles. The summed E-state index contributed by atoms with van der Waals surface area (Å²) >= 11 is 1.55. The predicted molar refractivity (Wildman–Crippen MR) is 119 cm³/mol. The lowest BCUT2D eigenvalue weighted by molar-refractivity contribution is -0.143. The number of nitrogens with zero attached hydrogens (tertiary/aromatic N) is 2. The van der Waals surface area contributed by atoms with Gasteiger partial charge < -0.3 is 15.2 Å². The molecule has 0 radical (unpaired) electrons. The van der Waals surface area contributed by atoms with Crippen LogP contribution in [0.3, 0.4) is 0 Å². The molecule has 0 aromatic carbocycles. The molecular formula is C23H29F2N3O3S. The Hall–Kier alpha value is -1.84. The van der Waals surface area contributed by atoms with E-state index in [2.05, 4.69) is 9.88 Å². The van der Waals surface area contributed by atoms with Crippen molar-refractivity contribution >= 4 is 27.5 Å². The largest absolute Gasteiger partial charge is 0.490 e. The number of ether oxygens (including phenoxy) is 2. The number of alkyl halides is 2. The first kappa shape index (κ1) is 22.0. The number of carbonyl (C=O) groups excluding carboxylic acids is 1. The molecule has 32 heavy (non-hydrogen) atoms. The minimum Gasteiger partial charge on any atom is -0.490 e. The number of primary amides is 1. The highest BCUT2D eigenvalue weighted by Gasteiger charge is 2.42. The number of thiophene rings is 1. The smallest absolute Gasteiger partial charge is 0.324 e. The van der Waals surface area contributed by atoms with Crippen molar-refractivity contribution in [3.05, 3.63) is 22.7 Å². The van der Waals surface area contributed by atoms with Gasteiger partial charge in [-0.05, 0) is 56.1 Å². The standard InChI is InChI=1S/C23H29F2N3O3S/c24-23(25,22(26)29)13-14-1-6-18-19(14)20-17(7-8-27-21(20)32-18)31-16-4-2-15(3-5-16)28-9-11-30-12-10-28/h7-8,14-16H,1-6,9-13H2,(H2,26,29)/t14-,15?,16?/m1/s1. The first-order chi connectivity index (χ1) is 15.4. The first-order valence-electron chi connectivity index (χ1n) is 11.5. The van der Waals surface area contributed by atoms with Gasteiger partial charge in [-0.3, -0.25) is 9.69 Å². The highest BCUT2D eigenvalue weighted by Crippen LogP contribution is 2.49. The molecule has 5 rings (SSSR count). The number of halogens is 2. The molecule has 2 fully saturated rings. The van der Waals surface area contributed by atoms with Crippen LogP contribution in [0, 0.1) is 0 Å². The molecule has 1 atom stereocenters. The van der Waals surface area contributed by atoms with Gasteiger partial charge in [-0.15, -0.1) is 11.3 Å². The number of hydrogen-bond donors (Lipinski definition) is 1. The monoisotopic (exact) mass is 465 g/mol. The van der Waals surface area contributed by atoms with Gasteiger partial charge in [-0.2, -0.15) is 8.78 Å². The molecule has 3 aliphatic rings. The van der Waals surface area contributed by atoms with Crippen LogP contribution in [-0.4, -0.2) is 60.2 Å². The Labute approximate surface area is 190 Å². The molecule has 2 aliphatic carbocycles. The van der Waals surface area contributed by atoms with Crippen LogP contribution in [0.5, 0.6) is 5.75 Å². The fraction of sp³-hybridized carbons (Fsp3) is 0.652. The Balaban J connectivity index is 1.33. The van der Waals surface area contributed by atoms with Crippen LogP contribution >= 0.6 is 11.3 Å². The Morgan fingerprint density at radius 1 is 1.25 bits per heavy atom. The highest BCUT2D eigenvalue weighted by molar-refractivity contribution is 7.19. The molecule has 1 aliphatic heterocycles. The van der Waals surface area contributed by atoms with Crippen LogP contribution in [0.4, 0.5) is 8.78 Å². The zero-order chi connectivity index (χ0) is 22.3. The van der Waals surface area contributed by atoms with Crippen LogP contribution < -0.4 is 10.5 Å². The second-order valence-electron chi connectivity index (χ2n) is 9.13. The van der Waals surface area contributed by atoms with Crippen molar-refractivity contribution < 1.29 is 23.0 Å². The van der Waals surface area contributed by atoms with E-state index < -0.39 is 24.2 Å². The number of hydrogen-bond acceptors (Lipinski definition) is 6. The summed E-state index contributed by atoms with van der Waals surface area (Å²) in [6, 6.07) is 2.44. The van der Waals surface area contributed by atoms with Crippen molar-refractivity contribution in [2.24, 2.45) is 5.73 Å². The number of pyridine rings is 1. The van der Waals surface area contributed by atoms with Crippen LogP contribution in [0.15, 0.2) is 12.3 Å². The summed E-state index contributed by atoms with van der Waals surface area (Å²) in [4.78, 5) is 20.1. The minimum absolute atomic E-state index is 0.111. The summed E-state index contributed by atoms with van der Waals surface area (Å²) in [5, 5.41) is 0.852. The van der Waals surface area contributed by atoms with Gasteiger partial charge in [0.25, 0.3) is 5.91 Å². The lowest BCUT2D eigenvalue weighted by Crippen LogP contribution is -2.46. The number of carbonyl (C=O) groups is 1. The summed E-state index contributed by atoms with van der Waals surface area (Å²) in [5.74, 6) is -4.75. The van der Waals surface area contributed by atoms with Gasteiger partial charge in [-0.25, -0.2) is 4.98 Å². The number of morpholine rings is 1. The van der Waals surface area contributed by atoms with Gasteiger partial charge in [-0.1, -0.05) is 0 Å². The third kappa shape index (κ3) is 4.22. The van der Waals surface area contributed by atoms with E-state index >= 15 is 0 Å². The summed E-state index contributed by atoms with van der Waals surface area (Å²) in [5.41, 5.74) is 5.83. The van der Waals surface area contributed by atoms with Crippen LogP contribution in [0.2, 0.25) is 0 Å². The lowest BCUT2D eigenvalue weighted by atomic mass is 9.91. The zero-order valence-corrected chi connectivity index (χ0v) is 18.8. The molecule has 2 N–H and O–H groups in total. The van der Waals surface area contributed by atoms with Gasteiger partial charge in [0.15, 0.2) is 0 Å². The normalized spacial score (nSPS) is 26.9. The Bertz CT molecular complexity index is 984. The lowest BCUT2D eigenvalue weighted by Gasteiger charge is -2.38. The second kappa shape index (κ2) is 8.83. The highest BCUT2D eigenvalue weighted by atomic mass is 32.1. The van der Waals surface area contributed by atoms with Crippen LogP contribution in [0.25, 0.3) is 10.2 Å². The van der Waals surface area contributed by atoms with Gasteiger partial charge in [0.1, 0.15) is 10.6 Å². The van der Waals surface area contributed by atoms with E-state index in [9.17, 15) is 13.6 Å². The van der Waals surface area contributed by atoms with Crippen molar-refractivity contribution in [1.29, 1.82) is 0 Å². The summed E-state index contributed by atoms with van der Waals surface area (Å²) in [6.07, 6.45) is 6.74. The van der Waals surface area contributed by atoms with Gasteiger partial charge in [0.05, 0.1) is 24.7 Å². The number of aromatic nitrogens is 1. The fourth-order valence-electron chi connectivity index (χ4n) is 5.49. The maximum atomic E-state index is 14.1. The van der Waals surface area contributed by atoms with Crippen molar-refractivity contribution in [2.45, 2.75) is 68.9 Å². The molecule has 2 aromatic heterocycles. The number of nitrogens with two attached hydrogens (primary N) is 1. The van der Waals surface area contributed by atoms with Crippen LogP contribution in [-0.2, 0) is 16.0 Å². The maximum Gasteiger partial charge on any atom is 0.324 e. The summed E-state index contributed by atoms with van der Waals surface area (Å²) in [7, 11) is 0. The van der Waals surface area contributed by atoms with E-state index in [0.29, 0.717) is 12.5 Å². The van der Waals surface area contributed by atoms with Crippen molar-refractivity contribution in [1.82, 2.24) is 9.88 Å². The Morgan fingerprint density at radius 3 is 2.72 bits per heavy atom. The van der Waals surface area contributed by atoms with E-state index in [1.165, 1.54) is 0 Å². The molecule has 0 unspecified atom stereocenters. The zero-order valence-electron chi connectivity index (χ0n) is 18.0. The number of aryl methyl sites for hydroxylation is 1. The maximum absolute atomic E-state index is 14.1. The van der Waals surface area contributed by atoms with Gasteiger partial charge >= 0.3 is 5.92 Å². The van der Waals surface area contributed by atoms with E-state index in [1.807, 2.05) is 6.07 Å². The van der Waals surface area contributed by atoms with E-state index in [-0.39, 0.29) is 6.10 Å². The Kier molecular flexibility index (Phi) is 6.07. The van der Waals surface area contributed by atoms with E-state index in [0.717, 1.165) is 84.8 Å². The topological polar surface area (TPSA) is 77.7 Å². The Morgan fingerprint density at radius 2 is 2.00 bits per heavy atom. The number of fused-ring (bicyclic) bond motifs is 3. The molecule has 0 bridgehead atoms. The predicted octanol–water partition coefficient (Wildman–Crippen LogP) is 3.86. The van der Waals surface area contributed by atoms with Crippen molar-refractivity contribution in [3.63, 3.8) is 0 Å². The molecule has 3 heterocycles. The molecule has 0 spiro atoms. The van der Waals surface area contributed by atoms with Gasteiger partial charge in [0.2, 0.25) is 0 Å². The number of amides is 1. The average molecular weight is 466 g/mol. The van der Waals surface area contributed by atoms with E-state index in [1.54, 1.807) is 17.5 Å². The number of rotatable bonds is 6. The minimum atomic E-state index is -3.51. The molecule has 174 valence electrons. The van der Waals surface area contributed by atoms with Crippen molar-refractivity contribution in [3.8, 4) is 5.75 Å². The third-order valence-corrected chi connectivity index (χ3v) is 8.33. The second-order valence-corrected chi connectivity index (χ2v) is 10.2. The van der Waals surface area contributed by atoms with Crippen LogP contribution in [0.1, 0.15) is 54.9 Å². The first-order valence-corrected chi connectivity index (χ1v) is 12.3. The molecular weight excluding hydrogens is 436 g/mol. The quantitative estimate of drug-likeness (QED) is 0.701. The molecule has 1 saturated carbocycles.